The van der Waals surface area contributed by atoms with Crippen molar-refractivity contribution < 1.29 is 24.2 Å². The minimum Gasteiger partial charge on any atom is -0.480 e. The molecule has 0 aromatic heterocycles. The maximum absolute atomic E-state index is 12.5. The van der Waals surface area contributed by atoms with E-state index in [4.69, 9.17) is 4.74 Å². The Morgan fingerprint density at radius 2 is 1.52 bits per heavy atom. The third kappa shape index (κ3) is 6.12. The van der Waals surface area contributed by atoms with E-state index in [1.165, 1.54) is 6.92 Å². The maximum Gasteiger partial charge on any atom is 0.407 e. The van der Waals surface area contributed by atoms with Gasteiger partial charge in [0.15, 0.2) is 0 Å². The number of carbonyl (C=O) groups is 3. The van der Waals surface area contributed by atoms with Gasteiger partial charge in [0.1, 0.15) is 18.7 Å². The molecule has 0 saturated carbocycles. The molecule has 2 amide bonds. The predicted molar refractivity (Wildman–Crippen MR) is 126 cm³/mol. The Morgan fingerprint density at radius 3 is 2.03 bits per heavy atom. The number of ether oxygens (including phenoxy) is 1. The summed E-state index contributed by atoms with van der Waals surface area (Å²) in [7, 11) is 0. The smallest absolute Gasteiger partial charge is 0.407 e. The number of benzene rings is 2. The summed E-state index contributed by atoms with van der Waals surface area (Å²) in [6.07, 6.45) is 0.224. The minimum atomic E-state index is -1.10. The second-order valence-corrected chi connectivity index (χ2v) is 9.69. The molecule has 7 heteroatoms. The van der Waals surface area contributed by atoms with Crippen molar-refractivity contribution in [2.45, 2.75) is 58.5 Å². The lowest BCUT2D eigenvalue weighted by Gasteiger charge is -2.23. The second kappa shape index (κ2) is 10.1. The molecule has 2 unspecified atom stereocenters. The number of carboxylic acid groups (broad SMARTS) is 1. The molecule has 0 radical (unpaired) electrons. The zero-order valence-electron chi connectivity index (χ0n) is 19.6. The van der Waals surface area contributed by atoms with Crippen LogP contribution >= 0.6 is 0 Å². The SMILES string of the molecule is CC(NC(=O)OCC1c2ccccc2-c2ccccc21)C(=O)NC(CCC(C)(C)C)C(=O)O. The molecule has 0 fully saturated rings. The lowest BCUT2D eigenvalue weighted by Crippen LogP contribution is -2.50. The van der Waals surface area contributed by atoms with E-state index >= 15 is 0 Å². The van der Waals surface area contributed by atoms with Crippen LogP contribution in [0.3, 0.4) is 0 Å². The molecule has 2 atom stereocenters. The molecule has 0 heterocycles. The van der Waals surface area contributed by atoms with E-state index in [0.717, 1.165) is 22.3 Å². The zero-order valence-corrected chi connectivity index (χ0v) is 19.6. The van der Waals surface area contributed by atoms with E-state index in [9.17, 15) is 19.5 Å². The maximum atomic E-state index is 12.5. The fourth-order valence-corrected chi connectivity index (χ4v) is 4.01. The van der Waals surface area contributed by atoms with Crippen molar-refractivity contribution in [1.29, 1.82) is 0 Å². The van der Waals surface area contributed by atoms with E-state index in [1.807, 2.05) is 57.2 Å². The van der Waals surface area contributed by atoms with Gasteiger partial charge in [-0.1, -0.05) is 69.3 Å². The molecule has 176 valence electrons. The Kier molecular flexibility index (Phi) is 7.41. The fourth-order valence-electron chi connectivity index (χ4n) is 4.01. The highest BCUT2D eigenvalue weighted by Gasteiger charge is 2.30. The van der Waals surface area contributed by atoms with Gasteiger partial charge in [0.25, 0.3) is 0 Å². The summed E-state index contributed by atoms with van der Waals surface area (Å²) in [6.45, 7) is 7.66. The van der Waals surface area contributed by atoms with Gasteiger partial charge in [-0.25, -0.2) is 9.59 Å². The highest BCUT2D eigenvalue weighted by Crippen LogP contribution is 2.44. The summed E-state index contributed by atoms with van der Waals surface area (Å²) in [5.41, 5.74) is 4.40. The number of aliphatic carboxylic acids is 1. The van der Waals surface area contributed by atoms with Gasteiger partial charge in [-0.3, -0.25) is 4.79 Å². The van der Waals surface area contributed by atoms with E-state index in [-0.39, 0.29) is 17.9 Å². The van der Waals surface area contributed by atoms with Crippen molar-refractivity contribution in [2.24, 2.45) is 5.41 Å². The molecule has 33 heavy (non-hydrogen) atoms. The van der Waals surface area contributed by atoms with Gasteiger partial charge in [-0.15, -0.1) is 0 Å². The van der Waals surface area contributed by atoms with Crippen molar-refractivity contribution in [1.82, 2.24) is 10.6 Å². The minimum absolute atomic E-state index is 0.0520. The standard InChI is InChI=1S/C26H32N2O5/c1-16(23(29)28-22(24(30)31)13-14-26(2,3)4)27-25(32)33-15-21-19-11-7-5-9-17(19)18-10-6-8-12-20(18)21/h5-12,16,21-22H,13-15H2,1-4H3,(H,27,32)(H,28,29)(H,30,31). The van der Waals surface area contributed by atoms with Gasteiger partial charge < -0.3 is 20.5 Å². The Balaban J connectivity index is 1.55. The summed E-state index contributed by atoms with van der Waals surface area (Å²) in [4.78, 5) is 36.4. The molecule has 1 aliphatic carbocycles. The van der Waals surface area contributed by atoms with Gasteiger partial charge >= 0.3 is 12.1 Å². The topological polar surface area (TPSA) is 105 Å². The molecule has 7 nitrogen and oxygen atoms in total. The van der Waals surface area contributed by atoms with Gasteiger partial charge in [0, 0.05) is 5.92 Å². The normalized spacial score (nSPS) is 14.5. The first-order valence-corrected chi connectivity index (χ1v) is 11.2. The Morgan fingerprint density at radius 1 is 0.970 bits per heavy atom. The first-order chi connectivity index (χ1) is 15.6. The van der Waals surface area contributed by atoms with Gasteiger partial charge in [0.05, 0.1) is 0 Å². The number of rotatable bonds is 8. The van der Waals surface area contributed by atoms with Crippen molar-refractivity contribution >= 4 is 18.0 Å². The van der Waals surface area contributed by atoms with E-state index < -0.39 is 30.1 Å². The van der Waals surface area contributed by atoms with Crippen LogP contribution in [0, 0.1) is 5.41 Å². The summed E-state index contributed by atoms with van der Waals surface area (Å²) < 4.78 is 5.46. The fraction of sp³-hybridized carbons (Fsp3) is 0.423. The van der Waals surface area contributed by atoms with Crippen LogP contribution in [0.2, 0.25) is 0 Å². The van der Waals surface area contributed by atoms with Crippen molar-refractivity contribution in [3.05, 3.63) is 59.7 Å². The molecule has 3 rings (SSSR count). The highest BCUT2D eigenvalue weighted by molar-refractivity contribution is 5.89. The van der Waals surface area contributed by atoms with Crippen molar-refractivity contribution in [3.8, 4) is 11.1 Å². The molecule has 3 N–H and O–H groups in total. The summed E-state index contributed by atoms with van der Waals surface area (Å²) in [5.74, 6) is -1.74. The van der Waals surface area contributed by atoms with E-state index in [2.05, 4.69) is 22.8 Å². The molecule has 0 saturated heterocycles. The number of hydrogen-bond donors (Lipinski definition) is 3. The Bertz CT molecular complexity index is 982. The van der Waals surface area contributed by atoms with E-state index in [1.54, 1.807) is 0 Å². The van der Waals surface area contributed by atoms with Crippen LogP contribution in [0.15, 0.2) is 48.5 Å². The van der Waals surface area contributed by atoms with Crippen LogP contribution in [-0.2, 0) is 14.3 Å². The summed E-state index contributed by atoms with van der Waals surface area (Å²) in [5, 5.41) is 14.4. The van der Waals surface area contributed by atoms with Crippen molar-refractivity contribution in [3.63, 3.8) is 0 Å². The van der Waals surface area contributed by atoms with Gasteiger partial charge in [0.2, 0.25) is 5.91 Å². The van der Waals surface area contributed by atoms with Gasteiger partial charge in [-0.05, 0) is 47.4 Å². The quantitative estimate of drug-likeness (QED) is 0.554. The second-order valence-electron chi connectivity index (χ2n) is 9.69. The highest BCUT2D eigenvalue weighted by atomic mass is 16.5. The number of hydrogen-bond acceptors (Lipinski definition) is 4. The van der Waals surface area contributed by atoms with Crippen LogP contribution in [0.5, 0.6) is 0 Å². The number of nitrogens with one attached hydrogen (secondary N) is 2. The van der Waals surface area contributed by atoms with Gasteiger partial charge in [-0.2, -0.15) is 0 Å². The van der Waals surface area contributed by atoms with Crippen LogP contribution < -0.4 is 10.6 Å². The number of fused-ring (bicyclic) bond motifs is 3. The summed E-state index contributed by atoms with van der Waals surface area (Å²) in [6, 6.07) is 14.1. The van der Waals surface area contributed by atoms with Crippen LogP contribution in [0.25, 0.3) is 11.1 Å². The molecule has 2 aromatic rings. The number of amides is 2. The Hall–Kier alpha value is -3.35. The third-order valence-corrected chi connectivity index (χ3v) is 5.87. The molecule has 0 spiro atoms. The summed E-state index contributed by atoms with van der Waals surface area (Å²) >= 11 is 0. The number of carboxylic acids is 1. The lowest BCUT2D eigenvalue weighted by atomic mass is 9.88. The van der Waals surface area contributed by atoms with E-state index in [0.29, 0.717) is 12.8 Å². The first kappa shape index (κ1) is 24.3. The lowest BCUT2D eigenvalue weighted by molar-refractivity contribution is -0.142. The van der Waals surface area contributed by atoms with Crippen LogP contribution in [-0.4, -0.2) is 41.8 Å². The molecule has 0 aliphatic heterocycles. The number of alkyl carbamates (subject to hydrolysis) is 1. The average molecular weight is 453 g/mol. The molecular weight excluding hydrogens is 420 g/mol. The van der Waals surface area contributed by atoms with Crippen molar-refractivity contribution in [2.75, 3.05) is 6.61 Å². The monoisotopic (exact) mass is 452 g/mol. The molecule has 1 aliphatic rings. The Labute approximate surface area is 194 Å². The average Bonchev–Trinajstić information content (AvgIpc) is 3.08. The van der Waals surface area contributed by atoms with Crippen LogP contribution in [0.4, 0.5) is 4.79 Å². The largest absolute Gasteiger partial charge is 0.480 e. The predicted octanol–water partition coefficient (Wildman–Crippen LogP) is 4.31. The molecule has 2 aromatic carbocycles. The molecular formula is C26H32N2O5. The van der Waals surface area contributed by atoms with Crippen LogP contribution in [0.1, 0.15) is 57.6 Å². The number of carbonyl (C=O) groups excluding carboxylic acids is 2. The first-order valence-electron chi connectivity index (χ1n) is 11.2. The molecule has 0 bridgehead atoms. The zero-order chi connectivity index (χ0) is 24.2. The third-order valence-electron chi connectivity index (χ3n) is 5.87.